The van der Waals surface area contributed by atoms with Gasteiger partial charge in [0.2, 0.25) is 0 Å². The van der Waals surface area contributed by atoms with Gasteiger partial charge in [-0.25, -0.2) is 4.39 Å². The molecule has 2 heterocycles. The minimum Gasteiger partial charge on any atom is -0.482 e. The summed E-state index contributed by atoms with van der Waals surface area (Å²) >= 11 is 11.8. The maximum atomic E-state index is 13.8. The van der Waals surface area contributed by atoms with E-state index in [4.69, 9.17) is 37.4 Å². The van der Waals surface area contributed by atoms with Crippen molar-refractivity contribution in [1.82, 2.24) is 5.32 Å². The van der Waals surface area contributed by atoms with Gasteiger partial charge in [-0.2, -0.15) is 0 Å². The predicted octanol–water partition coefficient (Wildman–Crippen LogP) is 5.39. The van der Waals surface area contributed by atoms with Gasteiger partial charge in [0, 0.05) is 36.5 Å². The highest BCUT2D eigenvalue weighted by Crippen LogP contribution is 2.34. The summed E-state index contributed by atoms with van der Waals surface area (Å²) in [5.74, 6) is 1.29. The van der Waals surface area contributed by atoms with Crippen molar-refractivity contribution in [3.8, 4) is 11.5 Å². The molecule has 0 bridgehead atoms. The summed E-state index contributed by atoms with van der Waals surface area (Å²) in [4.78, 5) is 12.8. The summed E-state index contributed by atoms with van der Waals surface area (Å²) in [6.07, 6.45) is 4.79. The minimum atomic E-state index is -0.495. The van der Waals surface area contributed by atoms with Crippen LogP contribution in [0.2, 0.25) is 10.0 Å². The van der Waals surface area contributed by atoms with Crippen LogP contribution >= 0.6 is 23.2 Å². The number of hydrogen-bond donors (Lipinski definition) is 1. The molecule has 34 heavy (non-hydrogen) atoms. The molecule has 3 aliphatic rings. The average Bonchev–Trinajstić information content (AvgIpc) is 3.22. The number of benzene rings is 2. The summed E-state index contributed by atoms with van der Waals surface area (Å²) < 4.78 is 31.1. The lowest BCUT2D eigenvalue weighted by atomic mass is 9.82. The summed E-state index contributed by atoms with van der Waals surface area (Å²) in [5.41, 5.74) is 0.515. The number of nitrogens with one attached hydrogen (secondary N) is 1. The molecule has 1 aliphatic carbocycles. The van der Waals surface area contributed by atoms with Crippen molar-refractivity contribution in [1.29, 1.82) is 0 Å². The van der Waals surface area contributed by atoms with Gasteiger partial charge in [0.15, 0.2) is 17.5 Å². The molecule has 0 aromatic heterocycles. The first-order valence-corrected chi connectivity index (χ1v) is 12.6. The number of Topliss-reactive ketones (excluding diaryl/α,β-unsaturated/α-hetero) is 1. The molecule has 8 heteroatoms. The van der Waals surface area contributed by atoms with Gasteiger partial charge in [0.1, 0.15) is 17.3 Å². The lowest BCUT2D eigenvalue weighted by Crippen LogP contribution is -2.61. The van der Waals surface area contributed by atoms with Crippen LogP contribution in [0.25, 0.3) is 0 Å². The number of hydrogen-bond acceptors (Lipinski definition) is 5. The van der Waals surface area contributed by atoms with Crippen LogP contribution < -0.4 is 14.8 Å². The van der Waals surface area contributed by atoms with E-state index < -0.39 is 17.5 Å². The molecule has 182 valence electrons. The summed E-state index contributed by atoms with van der Waals surface area (Å²) in [6, 6.07) is 10.4. The van der Waals surface area contributed by atoms with Gasteiger partial charge >= 0.3 is 0 Å². The molecular weight excluding hydrogens is 480 g/mol. The number of ether oxygens (including phenoxy) is 3. The van der Waals surface area contributed by atoms with E-state index in [1.165, 1.54) is 12.1 Å². The highest BCUT2D eigenvalue weighted by molar-refractivity contribution is 6.31. The van der Waals surface area contributed by atoms with E-state index in [0.717, 1.165) is 37.0 Å². The Labute approximate surface area is 208 Å². The first-order valence-electron chi connectivity index (χ1n) is 11.8. The average molecular weight is 508 g/mol. The molecular formula is C26H28Cl2FNO4. The molecule has 1 atom stereocenters. The highest BCUT2D eigenvalue weighted by atomic mass is 35.5. The van der Waals surface area contributed by atoms with Crippen molar-refractivity contribution in [2.45, 2.75) is 56.3 Å². The summed E-state index contributed by atoms with van der Waals surface area (Å²) in [7, 11) is 0. The van der Waals surface area contributed by atoms with Crippen molar-refractivity contribution in [2.24, 2.45) is 5.92 Å². The smallest absolute Gasteiger partial charge is 0.173 e. The third kappa shape index (κ3) is 5.35. The molecule has 1 unspecified atom stereocenters. The molecule has 1 saturated carbocycles. The maximum absolute atomic E-state index is 13.8. The lowest BCUT2D eigenvalue weighted by molar-refractivity contribution is -0.159. The molecule has 0 amide bonds. The number of halogens is 3. The zero-order valence-corrected chi connectivity index (χ0v) is 20.3. The van der Waals surface area contributed by atoms with Crippen molar-refractivity contribution >= 4 is 29.0 Å². The van der Waals surface area contributed by atoms with Crippen molar-refractivity contribution < 1.29 is 23.4 Å². The number of carbonyl (C=O) groups excluding carboxylic acids is 1. The van der Waals surface area contributed by atoms with Gasteiger partial charge < -0.3 is 19.5 Å². The first-order chi connectivity index (χ1) is 16.4. The van der Waals surface area contributed by atoms with Crippen LogP contribution in [0.4, 0.5) is 4.39 Å². The fourth-order valence-electron chi connectivity index (χ4n) is 5.03. The van der Waals surface area contributed by atoms with Crippen molar-refractivity contribution in [3.63, 3.8) is 0 Å². The quantitative estimate of drug-likeness (QED) is 0.518. The van der Waals surface area contributed by atoms with Crippen LogP contribution in [-0.4, -0.2) is 43.3 Å². The van der Waals surface area contributed by atoms with E-state index in [0.29, 0.717) is 55.3 Å². The largest absolute Gasteiger partial charge is 0.482 e. The second-order valence-electron chi connectivity index (χ2n) is 9.69. The van der Waals surface area contributed by atoms with E-state index in [9.17, 15) is 9.18 Å². The molecule has 5 nitrogen and oxygen atoms in total. The van der Waals surface area contributed by atoms with Crippen LogP contribution in [0.5, 0.6) is 11.5 Å². The van der Waals surface area contributed by atoms with E-state index >= 15 is 0 Å². The summed E-state index contributed by atoms with van der Waals surface area (Å²) in [5, 5.41) is 4.36. The van der Waals surface area contributed by atoms with Crippen LogP contribution in [0, 0.1) is 11.7 Å². The zero-order valence-electron chi connectivity index (χ0n) is 18.8. The number of carbonyl (C=O) groups is 1. The van der Waals surface area contributed by atoms with Gasteiger partial charge in [-0.1, -0.05) is 23.2 Å². The molecule has 5 rings (SSSR count). The second kappa shape index (κ2) is 10.0. The van der Waals surface area contributed by atoms with E-state index in [-0.39, 0.29) is 10.8 Å². The van der Waals surface area contributed by atoms with Crippen LogP contribution in [-0.2, 0) is 16.0 Å². The van der Waals surface area contributed by atoms with Gasteiger partial charge in [-0.05, 0) is 67.5 Å². The summed E-state index contributed by atoms with van der Waals surface area (Å²) in [6.45, 7) is 1.55. The Morgan fingerprint density at radius 3 is 2.62 bits per heavy atom. The van der Waals surface area contributed by atoms with Crippen LogP contribution in [0.3, 0.4) is 0 Å². The number of ketones is 1. The standard InChI is InChI=1S/C26H28Cl2FNO4/c27-18-3-8-24-17(10-18)11-25(33-24)23(31)9-16-1-4-19(5-2-16)30-13-26(14-32-15-26)34-20-6-7-21(28)22(29)12-20/h3,6-8,10,12,16,19,25,30H,1-2,4-5,9,11,13-15H2. The molecule has 1 saturated heterocycles. The van der Waals surface area contributed by atoms with E-state index in [1.807, 2.05) is 12.1 Å². The van der Waals surface area contributed by atoms with E-state index in [1.54, 1.807) is 12.1 Å². The SMILES string of the molecule is O=C(CC1CCC(NCC2(Oc3ccc(Cl)c(F)c3)COC2)CC1)C1Cc2cc(Cl)ccc2O1. The number of fused-ring (bicyclic) bond motifs is 1. The first kappa shape index (κ1) is 23.9. The zero-order chi connectivity index (χ0) is 23.7. The van der Waals surface area contributed by atoms with Gasteiger partial charge in [0.25, 0.3) is 0 Å². The Morgan fingerprint density at radius 1 is 1.12 bits per heavy atom. The van der Waals surface area contributed by atoms with Gasteiger partial charge in [-0.15, -0.1) is 0 Å². The predicted molar refractivity (Wildman–Crippen MR) is 129 cm³/mol. The monoisotopic (exact) mass is 507 g/mol. The number of rotatable bonds is 8. The van der Waals surface area contributed by atoms with Crippen LogP contribution in [0.15, 0.2) is 36.4 Å². The Balaban J connectivity index is 1.06. The molecule has 2 aliphatic heterocycles. The van der Waals surface area contributed by atoms with E-state index in [2.05, 4.69) is 5.32 Å². The Bertz CT molecular complexity index is 1050. The molecule has 0 spiro atoms. The van der Waals surface area contributed by atoms with Gasteiger partial charge in [-0.3, -0.25) is 4.79 Å². The molecule has 0 radical (unpaired) electrons. The van der Waals surface area contributed by atoms with Crippen molar-refractivity contribution in [2.75, 3.05) is 19.8 Å². The highest BCUT2D eigenvalue weighted by Gasteiger charge is 2.42. The topological polar surface area (TPSA) is 56.8 Å². The molecule has 2 aromatic rings. The third-order valence-electron chi connectivity index (χ3n) is 7.06. The molecule has 2 aromatic carbocycles. The maximum Gasteiger partial charge on any atom is 0.173 e. The Kier molecular flexibility index (Phi) is 7.03. The normalized spacial score (nSPS) is 25.2. The van der Waals surface area contributed by atoms with Crippen LogP contribution in [0.1, 0.15) is 37.7 Å². The molecule has 2 fully saturated rings. The Morgan fingerprint density at radius 2 is 1.91 bits per heavy atom. The van der Waals surface area contributed by atoms with Gasteiger partial charge in [0.05, 0.1) is 18.2 Å². The molecule has 1 N–H and O–H groups in total. The second-order valence-corrected chi connectivity index (χ2v) is 10.5. The Hall–Kier alpha value is -1.86. The fraction of sp³-hybridized carbons (Fsp3) is 0.500. The lowest BCUT2D eigenvalue weighted by Gasteiger charge is -2.43. The van der Waals surface area contributed by atoms with Crippen molar-refractivity contribution in [3.05, 3.63) is 57.8 Å². The minimum absolute atomic E-state index is 0.0769. The fourth-order valence-corrected chi connectivity index (χ4v) is 5.34. The third-order valence-corrected chi connectivity index (χ3v) is 7.60.